The first-order valence-electron chi connectivity index (χ1n) is 6.17. The first-order valence-corrected chi connectivity index (χ1v) is 6.17. The van der Waals surface area contributed by atoms with Crippen LogP contribution in [-0.2, 0) is 6.54 Å². The van der Waals surface area contributed by atoms with Crippen molar-refractivity contribution in [3.63, 3.8) is 0 Å². The maximum Gasteiger partial charge on any atom is 0.389 e. The molecule has 0 aliphatic heterocycles. The summed E-state index contributed by atoms with van der Waals surface area (Å²) in [6.45, 7) is 0.0554. The van der Waals surface area contributed by atoms with Gasteiger partial charge in [-0.2, -0.15) is 13.2 Å². The van der Waals surface area contributed by atoms with Gasteiger partial charge in [-0.1, -0.05) is 0 Å². The molecule has 0 radical (unpaired) electrons. The van der Waals surface area contributed by atoms with Gasteiger partial charge in [0.25, 0.3) is 0 Å². The Morgan fingerprint density at radius 2 is 2.10 bits per heavy atom. The molecule has 0 unspecified atom stereocenters. The zero-order chi connectivity index (χ0) is 15.5. The molecule has 0 saturated carbocycles. The number of hydrogen-bond acceptors (Lipinski definition) is 5. The van der Waals surface area contributed by atoms with Crippen molar-refractivity contribution in [2.75, 3.05) is 12.8 Å². The fraction of sp³-hybridized carbons (Fsp3) is 0.417. The van der Waals surface area contributed by atoms with Gasteiger partial charge >= 0.3 is 6.18 Å². The number of nitrogens with zero attached hydrogens (tertiary/aromatic N) is 4. The minimum atomic E-state index is -4.19. The highest BCUT2D eigenvalue weighted by molar-refractivity contribution is 5.68. The average Bonchev–Trinajstić information content (AvgIpc) is 2.85. The van der Waals surface area contributed by atoms with Crippen LogP contribution in [0.2, 0.25) is 0 Å². The molecule has 0 aliphatic rings. The third-order valence-electron chi connectivity index (χ3n) is 2.83. The molecule has 1 aromatic heterocycles. The van der Waals surface area contributed by atoms with Crippen LogP contribution in [0.5, 0.6) is 5.75 Å². The summed E-state index contributed by atoms with van der Waals surface area (Å²) in [5, 5.41) is 11.0. The minimum Gasteiger partial charge on any atom is -0.496 e. The van der Waals surface area contributed by atoms with Gasteiger partial charge in [0.05, 0.1) is 12.7 Å². The number of methoxy groups -OCH3 is 1. The van der Waals surface area contributed by atoms with Crippen molar-refractivity contribution in [2.45, 2.75) is 25.6 Å². The van der Waals surface area contributed by atoms with E-state index in [0.29, 0.717) is 22.8 Å². The van der Waals surface area contributed by atoms with Crippen LogP contribution < -0.4 is 10.5 Å². The summed E-state index contributed by atoms with van der Waals surface area (Å²) in [5.41, 5.74) is 6.73. The van der Waals surface area contributed by atoms with E-state index in [1.165, 1.54) is 11.8 Å². The van der Waals surface area contributed by atoms with E-state index < -0.39 is 12.6 Å². The molecule has 0 bridgehead atoms. The van der Waals surface area contributed by atoms with E-state index in [1.54, 1.807) is 18.2 Å². The van der Waals surface area contributed by atoms with Crippen LogP contribution in [0.4, 0.5) is 18.9 Å². The third kappa shape index (κ3) is 3.83. The van der Waals surface area contributed by atoms with E-state index in [1.807, 2.05) is 0 Å². The number of nitrogens with two attached hydrogens (primary N) is 1. The fourth-order valence-corrected chi connectivity index (χ4v) is 1.88. The Kier molecular flexibility index (Phi) is 4.29. The molecule has 9 heteroatoms. The lowest BCUT2D eigenvalue weighted by atomic mass is 10.1. The van der Waals surface area contributed by atoms with Gasteiger partial charge in [-0.05, 0) is 35.0 Å². The van der Waals surface area contributed by atoms with Gasteiger partial charge in [0, 0.05) is 18.7 Å². The molecule has 2 N–H and O–H groups in total. The van der Waals surface area contributed by atoms with Crippen LogP contribution in [-0.4, -0.2) is 33.5 Å². The van der Waals surface area contributed by atoms with E-state index in [4.69, 9.17) is 10.5 Å². The van der Waals surface area contributed by atoms with Gasteiger partial charge in [0.1, 0.15) is 5.75 Å². The predicted molar refractivity (Wildman–Crippen MR) is 69.5 cm³/mol. The molecule has 0 amide bonds. The summed E-state index contributed by atoms with van der Waals surface area (Å²) < 4.78 is 43.0. The number of aromatic nitrogens is 4. The highest BCUT2D eigenvalue weighted by Crippen LogP contribution is 2.30. The standard InChI is InChI=1S/C12H14F3N5O/c1-21-10-4-3-8(16)7-9(10)11-17-18-19-20(11)6-2-5-12(13,14)15/h3-4,7H,2,5-6,16H2,1H3. The summed E-state index contributed by atoms with van der Waals surface area (Å²) in [7, 11) is 1.48. The van der Waals surface area contributed by atoms with Crippen LogP contribution >= 0.6 is 0 Å². The van der Waals surface area contributed by atoms with Crippen molar-refractivity contribution in [3.05, 3.63) is 18.2 Å². The van der Waals surface area contributed by atoms with Crippen molar-refractivity contribution >= 4 is 5.69 Å². The number of anilines is 1. The molecule has 114 valence electrons. The monoisotopic (exact) mass is 301 g/mol. The average molecular weight is 301 g/mol. The van der Waals surface area contributed by atoms with Crippen LogP contribution in [0, 0.1) is 0 Å². The van der Waals surface area contributed by atoms with E-state index in [2.05, 4.69) is 15.5 Å². The van der Waals surface area contributed by atoms with Crippen LogP contribution in [0.3, 0.4) is 0 Å². The normalized spacial score (nSPS) is 11.6. The van der Waals surface area contributed by atoms with Crippen LogP contribution in [0.25, 0.3) is 11.4 Å². The summed E-state index contributed by atoms with van der Waals surface area (Å²) in [4.78, 5) is 0. The Bertz CT molecular complexity index is 611. The summed E-state index contributed by atoms with van der Waals surface area (Å²) in [6, 6.07) is 4.92. The zero-order valence-electron chi connectivity index (χ0n) is 11.3. The molecule has 1 aromatic carbocycles. The van der Waals surface area contributed by atoms with Crippen molar-refractivity contribution in [1.29, 1.82) is 0 Å². The van der Waals surface area contributed by atoms with Gasteiger partial charge < -0.3 is 10.5 Å². The predicted octanol–water partition coefficient (Wildman–Crippen LogP) is 2.27. The molecule has 0 fully saturated rings. The Balaban J connectivity index is 2.22. The van der Waals surface area contributed by atoms with E-state index in [-0.39, 0.29) is 13.0 Å². The van der Waals surface area contributed by atoms with Crippen molar-refractivity contribution in [3.8, 4) is 17.1 Å². The van der Waals surface area contributed by atoms with Gasteiger partial charge in [-0.3, -0.25) is 0 Å². The van der Waals surface area contributed by atoms with Gasteiger partial charge in [-0.15, -0.1) is 5.10 Å². The Labute approximate surface area is 118 Å². The first-order chi connectivity index (χ1) is 9.90. The first kappa shape index (κ1) is 15.1. The number of nitrogen functional groups attached to an aromatic ring is 1. The number of alkyl halides is 3. The highest BCUT2D eigenvalue weighted by Gasteiger charge is 2.26. The lowest BCUT2D eigenvalue weighted by Crippen LogP contribution is -2.11. The summed E-state index contributed by atoms with van der Waals surface area (Å²) in [5.74, 6) is 0.817. The number of tetrazole rings is 1. The van der Waals surface area contributed by atoms with E-state index in [9.17, 15) is 13.2 Å². The molecular formula is C12H14F3N5O. The third-order valence-corrected chi connectivity index (χ3v) is 2.83. The topological polar surface area (TPSA) is 78.8 Å². The molecule has 6 nitrogen and oxygen atoms in total. The van der Waals surface area contributed by atoms with E-state index >= 15 is 0 Å². The second kappa shape index (κ2) is 5.98. The van der Waals surface area contributed by atoms with Crippen molar-refractivity contribution < 1.29 is 17.9 Å². The maximum absolute atomic E-state index is 12.2. The number of hydrogen-bond donors (Lipinski definition) is 1. The molecule has 0 spiro atoms. The van der Waals surface area contributed by atoms with Crippen molar-refractivity contribution in [2.24, 2.45) is 0 Å². The summed E-state index contributed by atoms with van der Waals surface area (Å²) in [6.07, 6.45) is -5.18. The number of ether oxygens (including phenoxy) is 1. The summed E-state index contributed by atoms with van der Waals surface area (Å²) >= 11 is 0. The molecule has 0 atom stereocenters. The molecule has 0 saturated heterocycles. The Morgan fingerprint density at radius 3 is 2.76 bits per heavy atom. The molecular weight excluding hydrogens is 287 g/mol. The van der Waals surface area contributed by atoms with Crippen LogP contribution in [0.15, 0.2) is 18.2 Å². The maximum atomic E-state index is 12.2. The smallest absolute Gasteiger partial charge is 0.389 e. The number of benzene rings is 1. The minimum absolute atomic E-state index is 0.0554. The molecule has 2 rings (SSSR count). The lowest BCUT2D eigenvalue weighted by molar-refractivity contribution is -0.136. The largest absolute Gasteiger partial charge is 0.496 e. The quantitative estimate of drug-likeness (QED) is 0.857. The van der Waals surface area contributed by atoms with E-state index in [0.717, 1.165) is 0 Å². The van der Waals surface area contributed by atoms with Gasteiger partial charge in [0.2, 0.25) is 0 Å². The number of halogens is 3. The fourth-order valence-electron chi connectivity index (χ4n) is 1.88. The second-order valence-corrected chi connectivity index (χ2v) is 4.40. The number of rotatable bonds is 5. The molecule has 2 aromatic rings. The zero-order valence-corrected chi connectivity index (χ0v) is 11.3. The molecule has 1 heterocycles. The second-order valence-electron chi connectivity index (χ2n) is 4.40. The van der Waals surface area contributed by atoms with Gasteiger partial charge in [0.15, 0.2) is 5.82 Å². The molecule has 0 aliphatic carbocycles. The molecule has 21 heavy (non-hydrogen) atoms. The SMILES string of the molecule is COc1ccc(N)cc1-c1nnnn1CCCC(F)(F)F. The Morgan fingerprint density at radius 1 is 1.33 bits per heavy atom. The highest BCUT2D eigenvalue weighted by atomic mass is 19.4. The number of aryl methyl sites for hydroxylation is 1. The lowest BCUT2D eigenvalue weighted by Gasteiger charge is -2.10. The van der Waals surface area contributed by atoms with Crippen LogP contribution in [0.1, 0.15) is 12.8 Å². The van der Waals surface area contributed by atoms with Gasteiger partial charge in [-0.25, -0.2) is 4.68 Å². The van der Waals surface area contributed by atoms with Crippen molar-refractivity contribution in [1.82, 2.24) is 20.2 Å². The Hall–Kier alpha value is -2.32.